The molecular formula is C16H24N2O3. The van der Waals surface area contributed by atoms with Gasteiger partial charge in [-0.05, 0) is 31.0 Å². The molecule has 0 amide bonds. The first-order valence-electron chi connectivity index (χ1n) is 7.57. The normalized spacial score (nSPS) is 17.4. The average Bonchev–Trinajstić information content (AvgIpc) is 2.49. The summed E-state index contributed by atoms with van der Waals surface area (Å²) in [5, 5.41) is 12.4. The number of ether oxygens (including phenoxy) is 1. The molecule has 2 N–H and O–H groups in total. The van der Waals surface area contributed by atoms with Gasteiger partial charge in [0.2, 0.25) is 0 Å². The lowest BCUT2D eigenvalue weighted by atomic mass is 10.0. The van der Waals surface area contributed by atoms with E-state index in [4.69, 9.17) is 9.84 Å². The monoisotopic (exact) mass is 292 g/mol. The Morgan fingerprint density at radius 3 is 2.57 bits per heavy atom. The number of carbonyl (C=O) groups is 1. The van der Waals surface area contributed by atoms with E-state index in [-0.39, 0.29) is 12.5 Å². The van der Waals surface area contributed by atoms with Crippen LogP contribution in [-0.2, 0) is 11.2 Å². The molecule has 2 rings (SSSR count). The maximum absolute atomic E-state index is 11.1. The van der Waals surface area contributed by atoms with Crippen LogP contribution in [0.15, 0.2) is 24.3 Å². The van der Waals surface area contributed by atoms with Gasteiger partial charge in [0.25, 0.3) is 0 Å². The minimum Gasteiger partial charge on any atom is -0.494 e. The summed E-state index contributed by atoms with van der Waals surface area (Å²) in [6.45, 7) is 6.30. The molecule has 0 saturated carbocycles. The zero-order valence-corrected chi connectivity index (χ0v) is 12.5. The van der Waals surface area contributed by atoms with Crippen LogP contribution in [0.4, 0.5) is 0 Å². The summed E-state index contributed by atoms with van der Waals surface area (Å²) in [6.07, 6.45) is 0.950. The van der Waals surface area contributed by atoms with E-state index >= 15 is 0 Å². The van der Waals surface area contributed by atoms with Gasteiger partial charge in [0.1, 0.15) is 5.75 Å². The molecule has 5 nitrogen and oxygen atoms in total. The quantitative estimate of drug-likeness (QED) is 0.795. The number of hydrogen-bond donors (Lipinski definition) is 2. The van der Waals surface area contributed by atoms with Crippen molar-refractivity contribution >= 4 is 5.97 Å². The van der Waals surface area contributed by atoms with Crippen molar-refractivity contribution in [1.82, 2.24) is 10.2 Å². The molecule has 5 heteroatoms. The lowest BCUT2D eigenvalue weighted by Crippen LogP contribution is -2.49. The summed E-state index contributed by atoms with van der Waals surface area (Å²) in [5.74, 6) is 0.127. The Labute approximate surface area is 125 Å². The van der Waals surface area contributed by atoms with Crippen LogP contribution in [0.3, 0.4) is 0 Å². The highest BCUT2D eigenvalue weighted by Gasteiger charge is 2.23. The number of aliphatic carboxylic acids is 1. The van der Waals surface area contributed by atoms with Crippen molar-refractivity contribution in [3.05, 3.63) is 29.8 Å². The van der Waals surface area contributed by atoms with Crippen molar-refractivity contribution in [3.8, 4) is 5.75 Å². The first-order valence-corrected chi connectivity index (χ1v) is 7.57. The molecule has 116 valence electrons. The third kappa shape index (κ3) is 5.02. The Morgan fingerprint density at radius 2 is 2.00 bits per heavy atom. The Kier molecular flexibility index (Phi) is 6.02. The molecule has 0 aliphatic carbocycles. The van der Waals surface area contributed by atoms with Crippen LogP contribution >= 0.6 is 0 Å². The van der Waals surface area contributed by atoms with Gasteiger partial charge in [-0.15, -0.1) is 0 Å². The van der Waals surface area contributed by atoms with Crippen LogP contribution in [0.5, 0.6) is 5.75 Å². The molecule has 1 aromatic rings. The van der Waals surface area contributed by atoms with E-state index in [1.807, 2.05) is 31.2 Å². The van der Waals surface area contributed by atoms with Crippen LogP contribution in [0.25, 0.3) is 0 Å². The highest BCUT2D eigenvalue weighted by atomic mass is 16.5. The van der Waals surface area contributed by atoms with Gasteiger partial charge < -0.3 is 15.2 Å². The molecule has 1 aliphatic rings. The van der Waals surface area contributed by atoms with Gasteiger partial charge in [0.05, 0.1) is 13.0 Å². The van der Waals surface area contributed by atoms with Crippen molar-refractivity contribution in [3.63, 3.8) is 0 Å². The fourth-order valence-corrected chi connectivity index (χ4v) is 2.74. The van der Waals surface area contributed by atoms with Crippen molar-refractivity contribution in [2.75, 3.05) is 32.8 Å². The maximum atomic E-state index is 11.1. The minimum atomic E-state index is -0.732. The summed E-state index contributed by atoms with van der Waals surface area (Å²) >= 11 is 0. The molecule has 0 spiro atoms. The first-order chi connectivity index (χ1) is 10.2. The molecule has 1 fully saturated rings. The lowest BCUT2D eigenvalue weighted by Gasteiger charge is -2.34. The smallest absolute Gasteiger partial charge is 0.304 e. The topological polar surface area (TPSA) is 61.8 Å². The number of piperazine rings is 1. The van der Waals surface area contributed by atoms with Gasteiger partial charge in [-0.25, -0.2) is 0 Å². The first kappa shape index (κ1) is 15.8. The molecule has 0 bridgehead atoms. The molecule has 1 saturated heterocycles. The third-order valence-corrected chi connectivity index (χ3v) is 3.78. The van der Waals surface area contributed by atoms with Crippen LogP contribution in [-0.4, -0.2) is 54.8 Å². The minimum absolute atomic E-state index is 0.0579. The van der Waals surface area contributed by atoms with Crippen molar-refractivity contribution in [1.29, 1.82) is 0 Å². The standard InChI is InChI=1S/C16H24N2O3/c1-2-21-15-5-3-13(4-6-15)11-14(12-16(19)20)18-9-7-17-8-10-18/h3-6,14,17H,2,7-12H2,1H3,(H,19,20). The van der Waals surface area contributed by atoms with E-state index in [0.29, 0.717) is 6.61 Å². The largest absolute Gasteiger partial charge is 0.494 e. The van der Waals surface area contributed by atoms with Gasteiger partial charge >= 0.3 is 5.97 Å². The highest BCUT2D eigenvalue weighted by Crippen LogP contribution is 2.17. The number of benzene rings is 1. The molecule has 1 heterocycles. The van der Waals surface area contributed by atoms with E-state index in [1.54, 1.807) is 0 Å². The zero-order chi connectivity index (χ0) is 15.1. The molecule has 1 aliphatic heterocycles. The second-order valence-electron chi connectivity index (χ2n) is 5.32. The molecular weight excluding hydrogens is 268 g/mol. The molecule has 0 radical (unpaired) electrons. The van der Waals surface area contributed by atoms with Crippen LogP contribution in [0.1, 0.15) is 18.9 Å². The molecule has 21 heavy (non-hydrogen) atoms. The fourth-order valence-electron chi connectivity index (χ4n) is 2.74. The molecule has 1 unspecified atom stereocenters. The number of hydrogen-bond acceptors (Lipinski definition) is 4. The SMILES string of the molecule is CCOc1ccc(CC(CC(=O)O)N2CCNCC2)cc1. The van der Waals surface area contributed by atoms with E-state index < -0.39 is 5.97 Å². The van der Waals surface area contributed by atoms with E-state index in [0.717, 1.165) is 43.9 Å². The predicted molar refractivity (Wildman–Crippen MR) is 81.8 cm³/mol. The Bertz CT molecular complexity index is 441. The Hall–Kier alpha value is -1.59. The number of nitrogens with zero attached hydrogens (tertiary/aromatic N) is 1. The van der Waals surface area contributed by atoms with Crippen LogP contribution in [0, 0.1) is 0 Å². The number of carboxylic acid groups (broad SMARTS) is 1. The van der Waals surface area contributed by atoms with Crippen LogP contribution in [0.2, 0.25) is 0 Å². The lowest BCUT2D eigenvalue weighted by molar-refractivity contribution is -0.138. The fraction of sp³-hybridized carbons (Fsp3) is 0.562. The Balaban J connectivity index is 2.01. The van der Waals surface area contributed by atoms with Gasteiger partial charge in [-0.1, -0.05) is 12.1 Å². The van der Waals surface area contributed by atoms with Crippen molar-refractivity contribution < 1.29 is 14.6 Å². The van der Waals surface area contributed by atoms with Gasteiger partial charge in [-0.3, -0.25) is 9.69 Å². The highest BCUT2D eigenvalue weighted by molar-refractivity contribution is 5.67. The number of nitrogens with one attached hydrogen (secondary N) is 1. The second-order valence-corrected chi connectivity index (χ2v) is 5.32. The maximum Gasteiger partial charge on any atom is 0.304 e. The summed E-state index contributed by atoms with van der Waals surface area (Å²) in [6, 6.07) is 8.02. The molecule has 1 aromatic carbocycles. The third-order valence-electron chi connectivity index (χ3n) is 3.78. The van der Waals surface area contributed by atoms with Gasteiger partial charge in [-0.2, -0.15) is 0 Å². The number of carboxylic acids is 1. The second kappa shape index (κ2) is 8.00. The Morgan fingerprint density at radius 1 is 1.33 bits per heavy atom. The summed E-state index contributed by atoms with van der Waals surface area (Å²) in [5.41, 5.74) is 1.16. The number of rotatable bonds is 7. The van der Waals surface area contributed by atoms with E-state index in [1.165, 1.54) is 0 Å². The van der Waals surface area contributed by atoms with E-state index in [9.17, 15) is 4.79 Å². The summed E-state index contributed by atoms with van der Waals surface area (Å²) in [4.78, 5) is 13.4. The predicted octanol–water partition coefficient (Wildman–Crippen LogP) is 1.38. The van der Waals surface area contributed by atoms with Crippen molar-refractivity contribution in [2.45, 2.75) is 25.8 Å². The zero-order valence-electron chi connectivity index (χ0n) is 12.5. The summed E-state index contributed by atoms with van der Waals surface area (Å²) < 4.78 is 5.43. The van der Waals surface area contributed by atoms with Crippen molar-refractivity contribution in [2.24, 2.45) is 0 Å². The summed E-state index contributed by atoms with van der Waals surface area (Å²) in [7, 11) is 0. The molecule has 0 aromatic heterocycles. The van der Waals surface area contributed by atoms with E-state index in [2.05, 4.69) is 10.2 Å². The average molecular weight is 292 g/mol. The molecule has 1 atom stereocenters. The van der Waals surface area contributed by atoms with Crippen LogP contribution < -0.4 is 10.1 Å². The van der Waals surface area contributed by atoms with Gasteiger partial charge in [0, 0.05) is 32.2 Å². The van der Waals surface area contributed by atoms with Gasteiger partial charge in [0.15, 0.2) is 0 Å².